The van der Waals surface area contributed by atoms with Crippen molar-refractivity contribution in [3.63, 3.8) is 0 Å². The fraction of sp³-hybridized carbons (Fsp3) is 0.600. The Bertz CT molecular complexity index is 429. The summed E-state index contributed by atoms with van der Waals surface area (Å²) < 4.78 is 0. The Labute approximate surface area is 115 Å². The third-order valence-corrected chi connectivity index (χ3v) is 3.33. The minimum absolute atomic E-state index is 0.0794. The predicted molar refractivity (Wildman–Crippen MR) is 77.4 cm³/mol. The fourth-order valence-corrected chi connectivity index (χ4v) is 2.15. The maximum absolute atomic E-state index is 12.5. The molecule has 0 bridgehead atoms. The number of amides is 1. The van der Waals surface area contributed by atoms with Crippen LogP contribution in [0, 0.1) is 0 Å². The summed E-state index contributed by atoms with van der Waals surface area (Å²) >= 11 is 0. The Morgan fingerprint density at radius 2 is 2.21 bits per heavy atom. The lowest BCUT2D eigenvalue weighted by Gasteiger charge is -2.22. The van der Waals surface area contributed by atoms with Crippen molar-refractivity contribution >= 4 is 11.7 Å². The minimum Gasteiger partial charge on any atom is -0.370 e. The lowest BCUT2D eigenvalue weighted by molar-refractivity contribution is 0.0735. The van der Waals surface area contributed by atoms with Gasteiger partial charge in [0.1, 0.15) is 11.5 Å². The van der Waals surface area contributed by atoms with Gasteiger partial charge in [-0.15, -0.1) is 0 Å². The van der Waals surface area contributed by atoms with Crippen molar-refractivity contribution in [2.24, 2.45) is 0 Å². The smallest absolute Gasteiger partial charge is 0.272 e. The van der Waals surface area contributed by atoms with E-state index < -0.39 is 0 Å². The summed E-state index contributed by atoms with van der Waals surface area (Å²) in [5, 5.41) is 3.15. The summed E-state index contributed by atoms with van der Waals surface area (Å²) in [7, 11) is 0. The fourth-order valence-electron chi connectivity index (χ4n) is 2.15. The number of hydrogen-bond donors (Lipinski definition) is 1. The zero-order chi connectivity index (χ0) is 13.7. The molecule has 1 aliphatic rings. The summed E-state index contributed by atoms with van der Waals surface area (Å²) in [6, 6.07) is 6.05. The Morgan fingerprint density at radius 3 is 2.84 bits per heavy atom. The van der Waals surface area contributed by atoms with E-state index in [2.05, 4.69) is 17.2 Å². The number of unbranched alkanes of at least 4 members (excludes halogenated alkanes) is 1. The van der Waals surface area contributed by atoms with Gasteiger partial charge in [-0.1, -0.05) is 19.4 Å². The van der Waals surface area contributed by atoms with Gasteiger partial charge in [0.15, 0.2) is 0 Å². The lowest BCUT2D eigenvalue weighted by atomic mass is 10.2. The minimum atomic E-state index is 0.0794. The van der Waals surface area contributed by atoms with Crippen LogP contribution in [0.5, 0.6) is 0 Å². The number of aromatic nitrogens is 1. The molecule has 2 rings (SSSR count). The van der Waals surface area contributed by atoms with Gasteiger partial charge >= 0.3 is 0 Å². The second-order valence-corrected chi connectivity index (χ2v) is 5.02. The first-order valence-corrected chi connectivity index (χ1v) is 7.28. The van der Waals surface area contributed by atoms with Crippen molar-refractivity contribution in [1.29, 1.82) is 0 Å². The lowest BCUT2D eigenvalue weighted by Crippen LogP contribution is -2.34. The van der Waals surface area contributed by atoms with Gasteiger partial charge in [-0.3, -0.25) is 4.79 Å². The molecule has 4 nitrogen and oxygen atoms in total. The van der Waals surface area contributed by atoms with Gasteiger partial charge in [-0.05, 0) is 38.3 Å². The largest absolute Gasteiger partial charge is 0.370 e. The van der Waals surface area contributed by atoms with E-state index in [9.17, 15) is 4.79 Å². The number of pyridine rings is 1. The van der Waals surface area contributed by atoms with E-state index in [4.69, 9.17) is 0 Å². The molecular weight excluding hydrogens is 238 g/mol. The van der Waals surface area contributed by atoms with Crippen molar-refractivity contribution in [2.75, 3.05) is 18.4 Å². The molecule has 0 saturated heterocycles. The van der Waals surface area contributed by atoms with Crippen molar-refractivity contribution in [3.05, 3.63) is 23.9 Å². The van der Waals surface area contributed by atoms with Crippen molar-refractivity contribution < 1.29 is 4.79 Å². The van der Waals surface area contributed by atoms with Crippen LogP contribution in [0.3, 0.4) is 0 Å². The Morgan fingerprint density at radius 1 is 1.42 bits per heavy atom. The molecule has 0 aliphatic heterocycles. The Hall–Kier alpha value is -1.58. The van der Waals surface area contributed by atoms with E-state index in [1.54, 1.807) is 0 Å². The number of hydrogen-bond acceptors (Lipinski definition) is 3. The molecule has 1 fully saturated rings. The van der Waals surface area contributed by atoms with E-state index in [0.717, 1.165) is 44.6 Å². The van der Waals surface area contributed by atoms with Crippen molar-refractivity contribution in [2.45, 2.75) is 45.6 Å². The van der Waals surface area contributed by atoms with Crippen LogP contribution in [-0.4, -0.2) is 34.9 Å². The zero-order valence-corrected chi connectivity index (χ0v) is 11.9. The molecule has 1 saturated carbocycles. The molecule has 1 amide bonds. The van der Waals surface area contributed by atoms with Gasteiger partial charge in [0.05, 0.1) is 0 Å². The summed E-state index contributed by atoms with van der Waals surface area (Å²) in [6.45, 7) is 5.84. The normalized spacial score (nSPS) is 14.2. The highest BCUT2D eigenvalue weighted by Gasteiger charge is 2.33. The Kier molecular flexibility index (Phi) is 4.77. The number of carbonyl (C=O) groups is 1. The number of anilines is 1. The van der Waals surface area contributed by atoms with Gasteiger partial charge in [0.25, 0.3) is 5.91 Å². The van der Waals surface area contributed by atoms with Crippen LogP contribution in [0.25, 0.3) is 0 Å². The highest BCUT2D eigenvalue weighted by atomic mass is 16.2. The molecule has 104 valence electrons. The van der Waals surface area contributed by atoms with Crippen LogP contribution in [0.15, 0.2) is 18.2 Å². The summed E-state index contributed by atoms with van der Waals surface area (Å²) in [4.78, 5) is 18.9. The number of nitrogens with zero attached hydrogens (tertiary/aromatic N) is 2. The molecule has 0 unspecified atom stereocenters. The van der Waals surface area contributed by atoms with Crippen LogP contribution >= 0.6 is 0 Å². The van der Waals surface area contributed by atoms with Crippen molar-refractivity contribution in [1.82, 2.24) is 9.88 Å². The first-order valence-electron chi connectivity index (χ1n) is 7.28. The SMILES string of the molecule is CCCCN(C(=O)c1cccc(NCC)n1)C1CC1. The van der Waals surface area contributed by atoms with Gasteiger partial charge in [0.2, 0.25) is 0 Å². The van der Waals surface area contributed by atoms with E-state index in [-0.39, 0.29) is 5.91 Å². The van der Waals surface area contributed by atoms with Crippen molar-refractivity contribution in [3.8, 4) is 0 Å². The third-order valence-electron chi connectivity index (χ3n) is 3.33. The average Bonchev–Trinajstić information content (AvgIpc) is 3.24. The highest BCUT2D eigenvalue weighted by molar-refractivity contribution is 5.93. The van der Waals surface area contributed by atoms with Gasteiger partial charge < -0.3 is 10.2 Å². The Balaban J connectivity index is 2.09. The summed E-state index contributed by atoms with van der Waals surface area (Å²) in [6.07, 6.45) is 4.46. The molecule has 1 aromatic rings. The topological polar surface area (TPSA) is 45.2 Å². The number of rotatable bonds is 7. The van der Waals surface area contributed by atoms with E-state index in [1.165, 1.54) is 0 Å². The van der Waals surface area contributed by atoms with E-state index in [0.29, 0.717) is 11.7 Å². The molecule has 1 aromatic heterocycles. The zero-order valence-electron chi connectivity index (χ0n) is 11.9. The van der Waals surface area contributed by atoms with Crippen LogP contribution in [0.4, 0.5) is 5.82 Å². The monoisotopic (exact) mass is 261 g/mol. The maximum Gasteiger partial charge on any atom is 0.272 e. The second-order valence-electron chi connectivity index (χ2n) is 5.02. The average molecular weight is 261 g/mol. The standard InChI is InChI=1S/C15H23N3O/c1-3-5-11-18(12-9-10-12)15(19)13-7-6-8-14(17-13)16-4-2/h6-8,12H,3-5,9-11H2,1-2H3,(H,16,17). The molecule has 19 heavy (non-hydrogen) atoms. The summed E-state index contributed by atoms with van der Waals surface area (Å²) in [5.41, 5.74) is 0.557. The van der Waals surface area contributed by atoms with Crippen LogP contribution < -0.4 is 5.32 Å². The molecule has 1 heterocycles. The molecule has 4 heteroatoms. The molecule has 1 N–H and O–H groups in total. The molecule has 0 aromatic carbocycles. The van der Waals surface area contributed by atoms with Gasteiger partial charge in [-0.2, -0.15) is 0 Å². The van der Waals surface area contributed by atoms with E-state index >= 15 is 0 Å². The summed E-state index contributed by atoms with van der Waals surface area (Å²) in [5.74, 6) is 0.857. The second kappa shape index (κ2) is 6.55. The first kappa shape index (κ1) is 13.8. The third kappa shape index (κ3) is 3.69. The molecule has 0 radical (unpaired) electrons. The molecular formula is C15H23N3O. The molecule has 0 atom stereocenters. The number of nitrogens with one attached hydrogen (secondary N) is 1. The van der Waals surface area contributed by atoms with Crippen LogP contribution in [-0.2, 0) is 0 Å². The predicted octanol–water partition coefficient (Wildman–Crippen LogP) is 2.92. The number of carbonyl (C=O) groups excluding carboxylic acids is 1. The maximum atomic E-state index is 12.5. The first-order chi connectivity index (χ1) is 9.26. The van der Waals surface area contributed by atoms with Gasteiger partial charge in [-0.25, -0.2) is 4.98 Å². The van der Waals surface area contributed by atoms with Gasteiger partial charge in [0, 0.05) is 19.1 Å². The quantitative estimate of drug-likeness (QED) is 0.821. The molecule has 0 spiro atoms. The van der Waals surface area contributed by atoms with Crippen LogP contribution in [0.1, 0.15) is 50.0 Å². The van der Waals surface area contributed by atoms with Crippen LogP contribution in [0.2, 0.25) is 0 Å². The van der Waals surface area contributed by atoms with E-state index in [1.807, 2.05) is 30.0 Å². The highest BCUT2D eigenvalue weighted by Crippen LogP contribution is 2.28. The molecule has 1 aliphatic carbocycles.